The van der Waals surface area contributed by atoms with Gasteiger partial charge in [0.25, 0.3) is 0 Å². The second-order valence-electron chi connectivity index (χ2n) is 7.30. The molecule has 1 aliphatic rings. The number of amides is 1. The molecular weight excluding hydrogens is 320 g/mol. The lowest BCUT2D eigenvalue weighted by Crippen LogP contribution is -2.37. The highest BCUT2D eigenvalue weighted by Gasteiger charge is 2.23. The van der Waals surface area contributed by atoms with Gasteiger partial charge in [0.15, 0.2) is 0 Å². The summed E-state index contributed by atoms with van der Waals surface area (Å²) in [6.45, 7) is 8.64. The molecule has 1 aromatic heterocycles. The first-order valence-corrected chi connectivity index (χ1v) is 8.51. The Hall–Kier alpha value is -2.28. The van der Waals surface area contributed by atoms with E-state index in [1.54, 1.807) is 11.9 Å². The lowest BCUT2D eigenvalue weighted by molar-refractivity contribution is 0.0589. The summed E-state index contributed by atoms with van der Waals surface area (Å²) in [6, 6.07) is 4.00. The number of ether oxygens (including phenoxy) is 2. The van der Waals surface area contributed by atoms with Crippen LogP contribution in [0.25, 0.3) is 10.9 Å². The van der Waals surface area contributed by atoms with Gasteiger partial charge in [-0.1, -0.05) is 0 Å². The Morgan fingerprint density at radius 3 is 2.60 bits per heavy atom. The van der Waals surface area contributed by atoms with Crippen molar-refractivity contribution in [1.82, 2.24) is 9.78 Å². The predicted octanol–water partition coefficient (Wildman–Crippen LogP) is 2.78. The predicted molar refractivity (Wildman–Crippen MR) is 98.4 cm³/mol. The summed E-state index contributed by atoms with van der Waals surface area (Å²) >= 11 is 0. The van der Waals surface area contributed by atoms with E-state index in [0.29, 0.717) is 13.2 Å². The molecule has 3 rings (SSSR count). The number of hydrogen-bond donors (Lipinski definition) is 0. The molecule has 1 aromatic carbocycles. The summed E-state index contributed by atoms with van der Waals surface area (Å²) in [6.07, 6.45) is 1.50. The summed E-state index contributed by atoms with van der Waals surface area (Å²) in [5.41, 5.74) is 2.30. The van der Waals surface area contributed by atoms with Crippen molar-refractivity contribution < 1.29 is 14.3 Å². The Balaban J connectivity index is 2.00. The summed E-state index contributed by atoms with van der Waals surface area (Å²) < 4.78 is 12.8. The third-order valence-corrected chi connectivity index (χ3v) is 4.24. The van der Waals surface area contributed by atoms with Gasteiger partial charge < -0.3 is 14.4 Å². The fourth-order valence-electron chi connectivity index (χ4n) is 2.91. The van der Waals surface area contributed by atoms with Gasteiger partial charge in [-0.25, -0.2) is 4.79 Å². The van der Waals surface area contributed by atoms with E-state index in [9.17, 15) is 4.79 Å². The van der Waals surface area contributed by atoms with Crippen molar-refractivity contribution in [3.63, 3.8) is 0 Å². The zero-order valence-corrected chi connectivity index (χ0v) is 15.6. The van der Waals surface area contributed by atoms with Gasteiger partial charge in [0, 0.05) is 32.6 Å². The Morgan fingerprint density at radius 2 is 1.96 bits per heavy atom. The summed E-state index contributed by atoms with van der Waals surface area (Å²) in [5.74, 6) is 0. The number of carbonyl (C=O) groups excluding carboxylic acids is 1. The number of anilines is 2. The molecule has 7 nitrogen and oxygen atoms in total. The van der Waals surface area contributed by atoms with Crippen molar-refractivity contribution in [3.05, 3.63) is 18.3 Å². The quantitative estimate of drug-likeness (QED) is 0.837. The van der Waals surface area contributed by atoms with Crippen molar-refractivity contribution in [3.8, 4) is 0 Å². The number of fused-ring (bicyclic) bond motifs is 1. The highest BCUT2D eigenvalue weighted by molar-refractivity contribution is 5.98. The van der Waals surface area contributed by atoms with Gasteiger partial charge in [-0.05, 0) is 32.9 Å². The van der Waals surface area contributed by atoms with E-state index in [2.05, 4.69) is 10.00 Å². The summed E-state index contributed by atoms with van der Waals surface area (Å²) in [4.78, 5) is 16.3. The van der Waals surface area contributed by atoms with E-state index >= 15 is 0 Å². The number of hydrogen-bond acceptors (Lipinski definition) is 5. The van der Waals surface area contributed by atoms with Gasteiger partial charge >= 0.3 is 6.09 Å². The second-order valence-corrected chi connectivity index (χ2v) is 7.30. The summed E-state index contributed by atoms with van der Waals surface area (Å²) in [7, 11) is 3.64. The normalized spacial score (nSPS) is 15.5. The molecule has 0 N–H and O–H groups in total. The second kappa shape index (κ2) is 6.55. The Labute approximate surface area is 148 Å². The van der Waals surface area contributed by atoms with Gasteiger partial charge in [-0.3, -0.25) is 9.58 Å². The zero-order valence-electron chi connectivity index (χ0n) is 15.6. The molecule has 1 aliphatic heterocycles. The number of nitrogens with zero attached hydrogens (tertiary/aromatic N) is 4. The van der Waals surface area contributed by atoms with E-state index < -0.39 is 5.60 Å². The third kappa shape index (κ3) is 3.71. The topological polar surface area (TPSA) is 59.8 Å². The largest absolute Gasteiger partial charge is 0.443 e. The molecule has 0 atom stereocenters. The zero-order chi connectivity index (χ0) is 18.2. The third-order valence-electron chi connectivity index (χ3n) is 4.24. The Bertz CT molecular complexity index is 772. The molecule has 7 heteroatoms. The molecule has 0 aliphatic carbocycles. The molecule has 25 heavy (non-hydrogen) atoms. The number of aromatic nitrogens is 2. The van der Waals surface area contributed by atoms with Gasteiger partial charge in [0.2, 0.25) is 0 Å². The summed E-state index contributed by atoms with van der Waals surface area (Å²) in [5, 5.41) is 5.45. The SMILES string of the molecule is CN(C(=O)OC(C)(C)C)c1cc(N2CCOCC2)c2cnn(C)c2c1. The van der Waals surface area contributed by atoms with Crippen LogP contribution in [0, 0.1) is 0 Å². The molecule has 1 amide bonds. The maximum Gasteiger partial charge on any atom is 0.414 e. The smallest absolute Gasteiger partial charge is 0.414 e. The van der Waals surface area contributed by atoms with Crippen molar-refractivity contribution in [2.24, 2.45) is 7.05 Å². The molecule has 0 radical (unpaired) electrons. The molecule has 2 aromatic rings. The highest BCUT2D eigenvalue weighted by Crippen LogP contribution is 2.33. The van der Waals surface area contributed by atoms with E-state index in [-0.39, 0.29) is 6.09 Å². The molecule has 0 unspecified atom stereocenters. The lowest BCUT2D eigenvalue weighted by Gasteiger charge is -2.31. The van der Waals surface area contributed by atoms with Crippen LogP contribution in [0.5, 0.6) is 0 Å². The van der Waals surface area contributed by atoms with Crippen LogP contribution in [0.2, 0.25) is 0 Å². The van der Waals surface area contributed by atoms with Crippen LogP contribution in [-0.2, 0) is 16.5 Å². The Kier molecular flexibility index (Phi) is 4.60. The van der Waals surface area contributed by atoms with Crippen LogP contribution < -0.4 is 9.80 Å². The molecular formula is C18H26N4O3. The Morgan fingerprint density at radius 1 is 1.28 bits per heavy atom. The fourth-order valence-corrected chi connectivity index (χ4v) is 2.91. The van der Waals surface area contributed by atoms with Crippen molar-refractivity contribution in [2.75, 3.05) is 43.2 Å². The van der Waals surface area contributed by atoms with Crippen LogP contribution in [0.15, 0.2) is 18.3 Å². The van der Waals surface area contributed by atoms with E-state index in [1.807, 2.05) is 50.8 Å². The first kappa shape index (κ1) is 17.5. The first-order valence-electron chi connectivity index (χ1n) is 8.51. The minimum atomic E-state index is -0.533. The minimum absolute atomic E-state index is 0.373. The van der Waals surface area contributed by atoms with E-state index in [1.165, 1.54) is 0 Å². The first-order chi connectivity index (χ1) is 11.8. The number of morpholine rings is 1. The van der Waals surface area contributed by atoms with Gasteiger partial charge in [-0.15, -0.1) is 0 Å². The number of aryl methyl sites for hydroxylation is 1. The number of carbonyl (C=O) groups is 1. The minimum Gasteiger partial charge on any atom is -0.443 e. The van der Waals surface area contributed by atoms with Crippen LogP contribution in [-0.4, -0.2) is 54.8 Å². The van der Waals surface area contributed by atoms with Crippen LogP contribution in [0.1, 0.15) is 20.8 Å². The number of benzene rings is 1. The molecule has 1 saturated heterocycles. The van der Waals surface area contributed by atoms with Crippen molar-refractivity contribution >= 4 is 28.4 Å². The van der Waals surface area contributed by atoms with Gasteiger partial charge in [0.05, 0.1) is 36.3 Å². The lowest BCUT2D eigenvalue weighted by atomic mass is 10.1. The molecule has 0 saturated carbocycles. The van der Waals surface area contributed by atoms with Crippen LogP contribution in [0.3, 0.4) is 0 Å². The number of rotatable bonds is 2. The molecule has 0 spiro atoms. The average Bonchev–Trinajstić information content (AvgIpc) is 2.94. The van der Waals surface area contributed by atoms with Crippen molar-refractivity contribution in [1.29, 1.82) is 0 Å². The maximum absolute atomic E-state index is 12.5. The molecule has 136 valence electrons. The van der Waals surface area contributed by atoms with Crippen molar-refractivity contribution in [2.45, 2.75) is 26.4 Å². The maximum atomic E-state index is 12.5. The van der Waals surface area contributed by atoms with Gasteiger partial charge in [-0.2, -0.15) is 5.10 Å². The van der Waals surface area contributed by atoms with Crippen LogP contribution >= 0.6 is 0 Å². The fraction of sp³-hybridized carbons (Fsp3) is 0.556. The monoisotopic (exact) mass is 346 g/mol. The van der Waals surface area contributed by atoms with Gasteiger partial charge in [0.1, 0.15) is 5.60 Å². The molecule has 0 bridgehead atoms. The highest BCUT2D eigenvalue weighted by atomic mass is 16.6. The molecule has 2 heterocycles. The molecule has 1 fully saturated rings. The standard InChI is InChI=1S/C18H26N4O3/c1-18(2,3)25-17(23)20(4)13-10-15-14(12-19-21(15)5)16(11-13)22-6-8-24-9-7-22/h10-12H,6-9H2,1-5H3. The van der Waals surface area contributed by atoms with E-state index in [0.717, 1.165) is 35.4 Å². The average molecular weight is 346 g/mol. The van der Waals surface area contributed by atoms with E-state index in [4.69, 9.17) is 9.47 Å². The van der Waals surface area contributed by atoms with Crippen LogP contribution in [0.4, 0.5) is 16.2 Å².